The van der Waals surface area contributed by atoms with Crippen LogP contribution in [-0.4, -0.2) is 29.7 Å². The maximum absolute atomic E-state index is 11.7. The molecule has 0 spiro atoms. The van der Waals surface area contributed by atoms with Crippen LogP contribution >= 0.6 is 0 Å². The summed E-state index contributed by atoms with van der Waals surface area (Å²) in [5.74, 6) is 1.57. The maximum atomic E-state index is 11.7. The van der Waals surface area contributed by atoms with Crippen LogP contribution in [0, 0.1) is 0 Å². The first kappa shape index (κ1) is 17.5. The van der Waals surface area contributed by atoms with Crippen molar-refractivity contribution < 1.29 is 14.3 Å². The van der Waals surface area contributed by atoms with E-state index in [1.807, 2.05) is 54.6 Å². The number of carbonyl (C=O) groups excluding carboxylic acids is 1. The summed E-state index contributed by atoms with van der Waals surface area (Å²) in [5.41, 5.74) is 2.78. The second-order valence-corrected chi connectivity index (χ2v) is 5.68. The highest BCUT2D eigenvalue weighted by atomic mass is 16.5. The van der Waals surface area contributed by atoms with Crippen LogP contribution in [0.25, 0.3) is 11.3 Å². The molecule has 6 heteroatoms. The number of hydrogen-bond donors (Lipinski definition) is 2. The molecule has 3 rings (SSSR count). The second-order valence-electron chi connectivity index (χ2n) is 5.68. The lowest BCUT2D eigenvalue weighted by Gasteiger charge is -2.07. The van der Waals surface area contributed by atoms with Crippen molar-refractivity contribution >= 4 is 6.09 Å². The quantitative estimate of drug-likeness (QED) is 0.682. The van der Waals surface area contributed by atoms with Crippen molar-refractivity contribution in [3.63, 3.8) is 0 Å². The highest BCUT2D eigenvalue weighted by Crippen LogP contribution is 2.27. The van der Waals surface area contributed by atoms with Gasteiger partial charge in [-0.1, -0.05) is 42.5 Å². The van der Waals surface area contributed by atoms with Gasteiger partial charge in [0.1, 0.15) is 18.2 Å². The van der Waals surface area contributed by atoms with Crippen molar-refractivity contribution in [2.75, 3.05) is 13.7 Å². The summed E-state index contributed by atoms with van der Waals surface area (Å²) in [6.45, 7) is 0.692. The average Bonchev–Trinajstić information content (AvgIpc) is 3.16. The van der Waals surface area contributed by atoms with Crippen LogP contribution in [0.2, 0.25) is 0 Å². The second kappa shape index (κ2) is 8.71. The lowest BCUT2D eigenvalue weighted by atomic mass is 10.1. The van der Waals surface area contributed by atoms with Crippen molar-refractivity contribution in [2.45, 2.75) is 13.0 Å². The molecule has 2 aromatic carbocycles. The maximum Gasteiger partial charge on any atom is 0.407 e. The molecule has 1 aromatic heterocycles. The number of H-pyrrole nitrogens is 1. The number of aromatic amines is 1. The molecule has 6 nitrogen and oxygen atoms in total. The molecule has 0 aliphatic heterocycles. The first-order valence-electron chi connectivity index (χ1n) is 8.38. The number of para-hydroxylation sites is 1. The molecule has 1 amide bonds. The number of alkyl carbamates (subject to hydrolysis) is 1. The molecule has 134 valence electrons. The first-order chi connectivity index (χ1) is 12.8. The van der Waals surface area contributed by atoms with Crippen molar-refractivity contribution in [3.05, 3.63) is 72.2 Å². The predicted molar refractivity (Wildman–Crippen MR) is 98.9 cm³/mol. The third-order valence-electron chi connectivity index (χ3n) is 3.87. The fourth-order valence-corrected chi connectivity index (χ4v) is 2.55. The molecule has 0 saturated heterocycles. The average molecular weight is 351 g/mol. The van der Waals surface area contributed by atoms with Crippen molar-refractivity contribution in [1.82, 2.24) is 15.3 Å². The van der Waals surface area contributed by atoms with Crippen LogP contribution in [0.1, 0.15) is 11.4 Å². The highest BCUT2D eigenvalue weighted by molar-refractivity contribution is 5.67. The number of hydrogen-bond acceptors (Lipinski definition) is 4. The van der Waals surface area contributed by atoms with Crippen LogP contribution in [0.5, 0.6) is 5.75 Å². The standard InChI is InChI=1S/C20H21N3O3/c1-25-18-10-6-5-9-16(18)17-13-22-19(23-17)11-12-21-20(24)26-14-15-7-3-2-4-8-15/h2-10,13H,11-12,14H2,1H3,(H,21,24)(H,22,23). The molecule has 2 N–H and O–H groups in total. The minimum Gasteiger partial charge on any atom is -0.496 e. The molecule has 1 heterocycles. The minimum absolute atomic E-state index is 0.255. The Balaban J connectivity index is 1.47. The Morgan fingerprint density at radius 3 is 2.69 bits per heavy atom. The van der Waals surface area contributed by atoms with Gasteiger partial charge in [0, 0.05) is 18.5 Å². The smallest absolute Gasteiger partial charge is 0.407 e. The third-order valence-corrected chi connectivity index (χ3v) is 3.87. The zero-order chi connectivity index (χ0) is 18.2. The lowest BCUT2D eigenvalue weighted by Crippen LogP contribution is -2.26. The molecule has 0 unspecified atom stereocenters. The molecule has 0 atom stereocenters. The van der Waals surface area contributed by atoms with Gasteiger partial charge < -0.3 is 19.8 Å². The Hall–Kier alpha value is -3.28. The molecule has 0 aliphatic rings. The number of aromatic nitrogens is 2. The fraction of sp³-hybridized carbons (Fsp3) is 0.200. The molecule has 3 aromatic rings. The number of benzene rings is 2. The van der Waals surface area contributed by atoms with E-state index in [1.54, 1.807) is 13.3 Å². The van der Waals surface area contributed by atoms with Crippen LogP contribution in [-0.2, 0) is 17.8 Å². The normalized spacial score (nSPS) is 10.3. The summed E-state index contributed by atoms with van der Waals surface area (Å²) in [6.07, 6.45) is 1.90. The summed E-state index contributed by atoms with van der Waals surface area (Å²) >= 11 is 0. The number of nitrogens with zero attached hydrogens (tertiary/aromatic N) is 1. The molecule has 0 aliphatic carbocycles. The summed E-state index contributed by atoms with van der Waals surface area (Å²) < 4.78 is 10.5. The van der Waals surface area contributed by atoms with Gasteiger partial charge in [-0.2, -0.15) is 0 Å². The van der Waals surface area contributed by atoms with Gasteiger partial charge in [-0.25, -0.2) is 9.78 Å². The van der Waals surface area contributed by atoms with Gasteiger partial charge in [0.05, 0.1) is 19.0 Å². The van der Waals surface area contributed by atoms with Gasteiger partial charge >= 0.3 is 6.09 Å². The Bertz CT molecular complexity index is 846. The highest BCUT2D eigenvalue weighted by Gasteiger charge is 2.09. The minimum atomic E-state index is -0.439. The van der Waals surface area contributed by atoms with Crippen LogP contribution in [0.15, 0.2) is 60.8 Å². The van der Waals surface area contributed by atoms with Crippen molar-refractivity contribution in [3.8, 4) is 17.0 Å². The van der Waals surface area contributed by atoms with E-state index in [-0.39, 0.29) is 6.61 Å². The SMILES string of the molecule is COc1ccccc1-c1cnc(CCNC(=O)OCc2ccccc2)[nH]1. The van der Waals surface area contributed by atoms with E-state index in [0.29, 0.717) is 13.0 Å². The summed E-state index contributed by atoms with van der Waals surface area (Å²) in [5, 5.41) is 2.73. The molecule has 0 saturated carbocycles. The van der Waals surface area contributed by atoms with E-state index in [4.69, 9.17) is 9.47 Å². The van der Waals surface area contributed by atoms with E-state index in [2.05, 4.69) is 15.3 Å². The molecule has 0 bridgehead atoms. The molecular formula is C20H21N3O3. The molecular weight excluding hydrogens is 330 g/mol. The van der Waals surface area contributed by atoms with Gasteiger partial charge in [-0.15, -0.1) is 0 Å². The van der Waals surface area contributed by atoms with E-state index in [9.17, 15) is 4.79 Å². The largest absolute Gasteiger partial charge is 0.496 e. The molecule has 26 heavy (non-hydrogen) atoms. The summed E-state index contributed by atoms with van der Waals surface area (Å²) in [6, 6.07) is 17.3. The van der Waals surface area contributed by atoms with Crippen molar-refractivity contribution in [2.24, 2.45) is 0 Å². The van der Waals surface area contributed by atoms with Gasteiger partial charge in [-0.05, 0) is 17.7 Å². The third kappa shape index (κ3) is 4.63. The topological polar surface area (TPSA) is 76.2 Å². The fourth-order valence-electron chi connectivity index (χ4n) is 2.55. The summed E-state index contributed by atoms with van der Waals surface area (Å²) in [7, 11) is 1.64. The van der Waals surface area contributed by atoms with Crippen molar-refractivity contribution in [1.29, 1.82) is 0 Å². The van der Waals surface area contributed by atoms with Crippen LogP contribution < -0.4 is 10.1 Å². The van der Waals surface area contributed by atoms with Crippen LogP contribution in [0.4, 0.5) is 4.79 Å². The van der Waals surface area contributed by atoms with Crippen LogP contribution in [0.3, 0.4) is 0 Å². The lowest BCUT2D eigenvalue weighted by molar-refractivity contribution is 0.140. The number of amides is 1. The van der Waals surface area contributed by atoms with Gasteiger partial charge in [-0.3, -0.25) is 0 Å². The zero-order valence-electron chi connectivity index (χ0n) is 14.6. The summed E-state index contributed by atoms with van der Waals surface area (Å²) in [4.78, 5) is 19.3. The Morgan fingerprint density at radius 2 is 1.88 bits per heavy atom. The number of rotatable bonds is 7. The van der Waals surface area contributed by atoms with Gasteiger partial charge in [0.15, 0.2) is 0 Å². The first-order valence-corrected chi connectivity index (χ1v) is 8.38. The number of imidazole rings is 1. The zero-order valence-corrected chi connectivity index (χ0v) is 14.6. The monoisotopic (exact) mass is 351 g/mol. The molecule has 0 fully saturated rings. The van der Waals surface area contributed by atoms with Gasteiger partial charge in [0.2, 0.25) is 0 Å². The number of ether oxygens (including phenoxy) is 2. The number of carbonyl (C=O) groups is 1. The Kier molecular flexibility index (Phi) is 5.88. The van der Waals surface area contributed by atoms with E-state index in [1.165, 1.54) is 0 Å². The Labute approximate surface area is 152 Å². The van der Waals surface area contributed by atoms with Gasteiger partial charge in [0.25, 0.3) is 0 Å². The predicted octanol–water partition coefficient (Wildman–Crippen LogP) is 3.55. The van der Waals surface area contributed by atoms with E-state index >= 15 is 0 Å². The number of nitrogens with one attached hydrogen (secondary N) is 2. The van der Waals surface area contributed by atoms with E-state index < -0.39 is 6.09 Å². The molecule has 0 radical (unpaired) electrons. The Morgan fingerprint density at radius 1 is 1.12 bits per heavy atom. The van der Waals surface area contributed by atoms with E-state index in [0.717, 1.165) is 28.4 Å². The number of methoxy groups -OCH3 is 1.